The second-order valence-electron chi connectivity index (χ2n) is 15.5. The number of rotatable bonds is 13. The lowest BCUT2D eigenvalue weighted by Gasteiger charge is -2.30. The Labute approximate surface area is 316 Å². The highest BCUT2D eigenvalue weighted by molar-refractivity contribution is 7.15. The molecule has 0 saturated heterocycles. The molecule has 4 aromatic rings. The zero-order valence-corrected chi connectivity index (χ0v) is 33.4. The van der Waals surface area contributed by atoms with E-state index >= 15 is 0 Å². The van der Waals surface area contributed by atoms with Gasteiger partial charge in [0.25, 0.3) is 0 Å². The quantitative estimate of drug-likeness (QED) is 0.136. The lowest BCUT2D eigenvalue weighted by molar-refractivity contribution is -0.156. The summed E-state index contributed by atoms with van der Waals surface area (Å²) in [6.45, 7) is 20.1. The van der Waals surface area contributed by atoms with Crippen LogP contribution < -0.4 is 10.1 Å². The van der Waals surface area contributed by atoms with E-state index in [2.05, 4.69) is 29.4 Å². The fourth-order valence-electron chi connectivity index (χ4n) is 5.97. The Kier molecular flexibility index (Phi) is 11.7. The molecular weight excluding hydrogens is 698 g/mol. The van der Waals surface area contributed by atoms with Crippen molar-refractivity contribution in [1.82, 2.24) is 14.8 Å². The molecule has 1 atom stereocenters. The van der Waals surface area contributed by atoms with Crippen LogP contribution in [0.3, 0.4) is 0 Å². The number of carbonyl (C=O) groups is 2. The topological polar surface area (TPSA) is 117 Å². The summed E-state index contributed by atoms with van der Waals surface area (Å²) in [6, 6.07) is 14.4. The van der Waals surface area contributed by atoms with Crippen LogP contribution >= 0.6 is 22.9 Å². The Bertz CT molecular complexity index is 1960. The van der Waals surface area contributed by atoms with Crippen molar-refractivity contribution in [3.63, 3.8) is 0 Å². The van der Waals surface area contributed by atoms with E-state index in [-0.39, 0.29) is 24.7 Å². The third-order valence-electron chi connectivity index (χ3n) is 8.80. The minimum Gasteiger partial charge on any atom is -0.488 e. The molecule has 0 spiro atoms. The van der Waals surface area contributed by atoms with Crippen LogP contribution in [0, 0.1) is 20.8 Å². The van der Waals surface area contributed by atoms with Crippen molar-refractivity contribution in [2.45, 2.75) is 118 Å². The summed E-state index contributed by atoms with van der Waals surface area (Å²) in [7, 11) is 0. The van der Waals surface area contributed by atoms with E-state index in [4.69, 9.17) is 30.8 Å². The van der Waals surface area contributed by atoms with Crippen molar-refractivity contribution >= 4 is 46.2 Å². The van der Waals surface area contributed by atoms with E-state index in [9.17, 15) is 9.59 Å². The molecule has 0 saturated carbocycles. The number of ether oxygens (including phenoxy) is 3. The average Bonchev–Trinajstić information content (AvgIpc) is 3.51. The van der Waals surface area contributed by atoms with Crippen molar-refractivity contribution in [3.05, 3.63) is 86.8 Å². The van der Waals surface area contributed by atoms with Crippen molar-refractivity contribution in [3.8, 4) is 10.8 Å². The molecule has 52 heavy (non-hydrogen) atoms. The molecule has 10 nitrogen and oxygen atoms in total. The molecule has 0 radical (unpaired) electrons. The zero-order chi connectivity index (χ0) is 38.0. The number of thiophene rings is 1. The van der Waals surface area contributed by atoms with Crippen molar-refractivity contribution in [2.75, 3.05) is 11.9 Å². The summed E-state index contributed by atoms with van der Waals surface area (Å²) in [5.74, 6) is 1.53. The van der Waals surface area contributed by atoms with Gasteiger partial charge >= 0.3 is 5.97 Å². The fourth-order valence-corrected chi connectivity index (χ4v) is 7.31. The lowest BCUT2D eigenvalue weighted by atomic mass is 9.99. The standard InChI is InChI=1S/C40H50ClN5O5S/c1-24-25(2)52-37-34(24)35(27-14-16-28(41)17-15-27)43-31(36-45-44-26(3)46(36)37)23-32(47)42-29-12-11-13-30(22-29)50-40(9,10)20-21-49-39(7,8)19-18-33(48)51-38(4,5)6/h11-17,22,31H,18-21,23H2,1-10H3,(H,42,47)/t31-/m0/s1. The highest BCUT2D eigenvalue weighted by Crippen LogP contribution is 2.40. The van der Waals surface area contributed by atoms with Gasteiger partial charge in [-0.1, -0.05) is 29.8 Å². The molecule has 0 aliphatic carbocycles. The van der Waals surface area contributed by atoms with Crippen molar-refractivity contribution in [2.24, 2.45) is 4.99 Å². The largest absolute Gasteiger partial charge is 0.488 e. The van der Waals surface area contributed by atoms with Gasteiger partial charge in [-0.2, -0.15) is 0 Å². The summed E-state index contributed by atoms with van der Waals surface area (Å²) < 4.78 is 20.0. The number of aliphatic imine (C=N–C) groups is 1. The number of aryl methyl sites for hydroxylation is 2. The van der Waals surface area contributed by atoms with Crippen LogP contribution in [0.4, 0.5) is 5.69 Å². The summed E-state index contributed by atoms with van der Waals surface area (Å²) in [6.07, 6.45) is 1.50. The molecule has 1 amide bonds. The summed E-state index contributed by atoms with van der Waals surface area (Å²) in [4.78, 5) is 32.3. The van der Waals surface area contributed by atoms with Gasteiger partial charge in [-0.05, 0) is 105 Å². The number of esters is 1. The molecule has 0 unspecified atom stereocenters. The maximum absolute atomic E-state index is 13.7. The van der Waals surface area contributed by atoms with E-state index in [1.807, 2.05) is 108 Å². The van der Waals surface area contributed by atoms with Gasteiger partial charge in [-0.3, -0.25) is 19.1 Å². The Hall–Kier alpha value is -4.06. The Morgan fingerprint density at radius 2 is 1.65 bits per heavy atom. The molecule has 12 heteroatoms. The molecule has 1 aliphatic rings. The van der Waals surface area contributed by atoms with E-state index < -0.39 is 22.8 Å². The van der Waals surface area contributed by atoms with Crippen LogP contribution in [0.15, 0.2) is 53.5 Å². The van der Waals surface area contributed by atoms with Crippen LogP contribution in [-0.2, 0) is 19.1 Å². The second kappa shape index (κ2) is 15.5. The van der Waals surface area contributed by atoms with Gasteiger partial charge in [0, 0.05) is 45.6 Å². The van der Waals surface area contributed by atoms with Crippen LogP contribution in [0.1, 0.15) is 113 Å². The van der Waals surface area contributed by atoms with Gasteiger partial charge < -0.3 is 19.5 Å². The first-order valence-electron chi connectivity index (χ1n) is 17.6. The van der Waals surface area contributed by atoms with Gasteiger partial charge in [0.05, 0.1) is 24.3 Å². The monoisotopic (exact) mass is 747 g/mol. The number of nitrogens with one attached hydrogen (secondary N) is 1. The first kappa shape index (κ1) is 39.2. The maximum atomic E-state index is 13.7. The number of amides is 1. The van der Waals surface area contributed by atoms with Gasteiger partial charge in [-0.25, -0.2) is 0 Å². The normalized spacial score (nSPS) is 14.6. The summed E-state index contributed by atoms with van der Waals surface area (Å²) in [5.41, 5.74) is 2.89. The highest BCUT2D eigenvalue weighted by atomic mass is 35.5. The second-order valence-corrected chi connectivity index (χ2v) is 17.1. The highest BCUT2D eigenvalue weighted by Gasteiger charge is 2.33. The summed E-state index contributed by atoms with van der Waals surface area (Å²) >= 11 is 7.92. The van der Waals surface area contributed by atoms with Crippen LogP contribution in [0.2, 0.25) is 5.02 Å². The van der Waals surface area contributed by atoms with Gasteiger partial charge in [0.2, 0.25) is 5.91 Å². The third-order valence-corrected chi connectivity index (χ3v) is 10.2. The Morgan fingerprint density at radius 3 is 2.35 bits per heavy atom. The zero-order valence-electron chi connectivity index (χ0n) is 31.8. The van der Waals surface area contributed by atoms with E-state index in [0.717, 1.165) is 33.2 Å². The Balaban J connectivity index is 1.25. The van der Waals surface area contributed by atoms with Crippen molar-refractivity contribution in [1.29, 1.82) is 0 Å². The van der Waals surface area contributed by atoms with E-state index in [1.54, 1.807) is 11.3 Å². The molecule has 1 aliphatic heterocycles. The number of hydrogen-bond donors (Lipinski definition) is 1. The summed E-state index contributed by atoms with van der Waals surface area (Å²) in [5, 5.41) is 13.6. The van der Waals surface area contributed by atoms with E-state index in [1.165, 1.54) is 4.88 Å². The fraction of sp³-hybridized carbons (Fsp3) is 0.475. The smallest absolute Gasteiger partial charge is 0.306 e. The maximum Gasteiger partial charge on any atom is 0.306 e. The average molecular weight is 748 g/mol. The Morgan fingerprint density at radius 1 is 0.942 bits per heavy atom. The first-order chi connectivity index (χ1) is 24.3. The van der Waals surface area contributed by atoms with E-state index in [0.29, 0.717) is 41.7 Å². The number of nitrogens with zero attached hydrogens (tertiary/aromatic N) is 4. The molecule has 1 N–H and O–H groups in total. The molecule has 3 heterocycles. The number of fused-ring (bicyclic) bond motifs is 3. The number of carbonyl (C=O) groups excluding carboxylic acids is 2. The lowest BCUT2D eigenvalue weighted by Crippen LogP contribution is -2.33. The van der Waals surface area contributed by atoms with Crippen molar-refractivity contribution < 1.29 is 23.8 Å². The number of anilines is 1. The SMILES string of the molecule is Cc1sc2c(c1C)C(c1ccc(Cl)cc1)=N[C@@H](CC(=O)Nc1cccc(OC(C)(C)CCOC(C)(C)CCC(=O)OC(C)(C)C)c1)c1nnc(C)n1-2. The van der Waals surface area contributed by atoms with Gasteiger partial charge in [-0.15, -0.1) is 21.5 Å². The molecule has 2 aromatic carbocycles. The minimum absolute atomic E-state index is 0.0554. The number of halogens is 1. The predicted octanol–water partition coefficient (Wildman–Crippen LogP) is 9.29. The van der Waals surface area contributed by atoms with Gasteiger partial charge in [0.15, 0.2) is 5.82 Å². The first-order valence-corrected chi connectivity index (χ1v) is 18.8. The molecular formula is C40H50ClN5O5S. The molecule has 5 rings (SSSR count). The van der Waals surface area contributed by atoms with Crippen LogP contribution in [-0.4, -0.2) is 55.8 Å². The van der Waals surface area contributed by atoms with Crippen LogP contribution in [0.25, 0.3) is 5.00 Å². The third kappa shape index (κ3) is 9.87. The molecule has 278 valence electrons. The predicted molar refractivity (Wildman–Crippen MR) is 207 cm³/mol. The number of benzene rings is 2. The molecule has 2 aromatic heterocycles. The molecule has 0 bridgehead atoms. The van der Waals surface area contributed by atoms with Crippen LogP contribution in [0.5, 0.6) is 5.75 Å². The number of aromatic nitrogens is 3. The van der Waals surface area contributed by atoms with Gasteiger partial charge in [0.1, 0.15) is 33.8 Å². The molecule has 0 fully saturated rings. The number of hydrogen-bond acceptors (Lipinski definition) is 9. The minimum atomic E-state index is -0.585.